The van der Waals surface area contributed by atoms with Crippen LogP contribution >= 0.6 is 0 Å². The van der Waals surface area contributed by atoms with Crippen LogP contribution in [0.1, 0.15) is 5.56 Å². The number of methoxy groups -OCH3 is 1. The van der Waals surface area contributed by atoms with E-state index in [2.05, 4.69) is 48.5 Å². The number of benzene rings is 1. The summed E-state index contributed by atoms with van der Waals surface area (Å²) in [6, 6.07) is 8.60. The van der Waals surface area contributed by atoms with Crippen molar-refractivity contribution in [2.24, 2.45) is 0 Å². The molecule has 0 radical (unpaired) electrons. The number of nitrogens with one attached hydrogen (secondary N) is 1. The van der Waals surface area contributed by atoms with Gasteiger partial charge in [-0.25, -0.2) is 0 Å². The first kappa shape index (κ1) is 13.0. The highest BCUT2D eigenvalue weighted by atomic mass is 16.5. The smallest absolute Gasteiger partial charge is 0.0587 e. The molecule has 0 aliphatic carbocycles. The van der Waals surface area contributed by atoms with Gasteiger partial charge < -0.3 is 15.0 Å². The minimum Gasteiger partial charge on any atom is -0.383 e. The van der Waals surface area contributed by atoms with E-state index in [0.717, 1.165) is 26.2 Å². The summed E-state index contributed by atoms with van der Waals surface area (Å²) < 4.78 is 4.97. The van der Waals surface area contributed by atoms with Crippen molar-refractivity contribution in [3.8, 4) is 0 Å². The van der Waals surface area contributed by atoms with Crippen molar-refractivity contribution in [3.05, 3.63) is 29.8 Å². The molecule has 0 aliphatic heterocycles. The van der Waals surface area contributed by atoms with Gasteiger partial charge in [-0.1, -0.05) is 17.7 Å². The third-order valence-electron chi connectivity index (χ3n) is 2.58. The molecule has 16 heavy (non-hydrogen) atoms. The zero-order valence-corrected chi connectivity index (χ0v) is 10.5. The summed E-state index contributed by atoms with van der Waals surface area (Å²) in [4.78, 5) is 2.25. The fraction of sp³-hybridized carbons (Fsp3) is 0.538. The Kier molecular flexibility index (Phi) is 5.90. The third-order valence-corrected chi connectivity index (χ3v) is 2.58. The van der Waals surface area contributed by atoms with Crippen LogP contribution in [0.3, 0.4) is 0 Å². The Morgan fingerprint density at radius 3 is 2.50 bits per heavy atom. The van der Waals surface area contributed by atoms with E-state index in [4.69, 9.17) is 4.74 Å². The minimum absolute atomic E-state index is 0.772. The Labute approximate surface area is 98.4 Å². The largest absolute Gasteiger partial charge is 0.383 e. The van der Waals surface area contributed by atoms with Crippen LogP contribution < -0.4 is 10.2 Å². The third kappa shape index (κ3) is 4.64. The fourth-order valence-corrected chi connectivity index (χ4v) is 1.47. The number of nitrogens with zero attached hydrogens (tertiary/aromatic N) is 1. The molecule has 1 rings (SSSR count). The highest BCUT2D eigenvalue weighted by molar-refractivity contribution is 5.46. The van der Waals surface area contributed by atoms with Crippen molar-refractivity contribution in [2.45, 2.75) is 6.92 Å². The van der Waals surface area contributed by atoms with Crippen LogP contribution in [0.4, 0.5) is 5.69 Å². The monoisotopic (exact) mass is 222 g/mol. The van der Waals surface area contributed by atoms with Gasteiger partial charge in [-0.3, -0.25) is 0 Å². The number of likely N-dealkylation sites (N-methyl/N-ethyl adjacent to an activating group) is 1. The van der Waals surface area contributed by atoms with Gasteiger partial charge in [-0.15, -0.1) is 0 Å². The number of ether oxygens (including phenoxy) is 1. The lowest BCUT2D eigenvalue weighted by Gasteiger charge is -2.19. The van der Waals surface area contributed by atoms with Gasteiger partial charge in [-0.2, -0.15) is 0 Å². The van der Waals surface area contributed by atoms with Gasteiger partial charge in [0.2, 0.25) is 0 Å². The van der Waals surface area contributed by atoms with Gasteiger partial charge in [0.05, 0.1) is 6.61 Å². The normalized spacial score (nSPS) is 10.4. The first-order valence-corrected chi connectivity index (χ1v) is 5.71. The van der Waals surface area contributed by atoms with Gasteiger partial charge in [-0.05, 0) is 19.1 Å². The Hall–Kier alpha value is -1.06. The summed E-state index contributed by atoms with van der Waals surface area (Å²) in [7, 11) is 3.84. The zero-order valence-electron chi connectivity index (χ0n) is 10.5. The first-order valence-electron chi connectivity index (χ1n) is 5.71. The predicted octanol–water partition coefficient (Wildman–Crippen LogP) is 1.67. The molecule has 0 unspecified atom stereocenters. The summed E-state index contributed by atoms with van der Waals surface area (Å²) in [6.45, 7) is 5.78. The van der Waals surface area contributed by atoms with Crippen molar-refractivity contribution < 1.29 is 4.74 Å². The summed E-state index contributed by atoms with van der Waals surface area (Å²) in [5, 5.41) is 3.33. The van der Waals surface area contributed by atoms with Crippen LogP contribution in [0.2, 0.25) is 0 Å². The van der Waals surface area contributed by atoms with Crippen LogP contribution in [0.5, 0.6) is 0 Å². The fourth-order valence-electron chi connectivity index (χ4n) is 1.47. The van der Waals surface area contributed by atoms with Gasteiger partial charge in [0.1, 0.15) is 0 Å². The van der Waals surface area contributed by atoms with E-state index in [-0.39, 0.29) is 0 Å². The van der Waals surface area contributed by atoms with E-state index in [0.29, 0.717) is 0 Å². The van der Waals surface area contributed by atoms with Crippen molar-refractivity contribution >= 4 is 5.69 Å². The topological polar surface area (TPSA) is 24.5 Å². The molecule has 0 aromatic heterocycles. The molecule has 1 aromatic carbocycles. The Bertz CT molecular complexity index is 284. The van der Waals surface area contributed by atoms with Gasteiger partial charge in [0, 0.05) is 39.5 Å². The van der Waals surface area contributed by atoms with Crippen molar-refractivity contribution in [2.75, 3.05) is 45.3 Å². The summed E-state index contributed by atoms with van der Waals surface area (Å²) in [5.41, 5.74) is 2.56. The molecule has 0 bridgehead atoms. The minimum atomic E-state index is 0.772. The van der Waals surface area contributed by atoms with Crippen LogP contribution in [0.15, 0.2) is 24.3 Å². The summed E-state index contributed by atoms with van der Waals surface area (Å²) in [6.07, 6.45) is 0. The molecule has 0 fully saturated rings. The molecule has 0 saturated carbocycles. The number of rotatable bonds is 7. The predicted molar refractivity (Wildman–Crippen MR) is 69.2 cm³/mol. The maximum Gasteiger partial charge on any atom is 0.0587 e. The molecule has 1 N–H and O–H groups in total. The van der Waals surface area contributed by atoms with Crippen molar-refractivity contribution in [3.63, 3.8) is 0 Å². The lowest BCUT2D eigenvalue weighted by molar-refractivity contribution is 0.200. The molecule has 0 saturated heterocycles. The van der Waals surface area contributed by atoms with Crippen LogP contribution in [0, 0.1) is 6.92 Å². The average molecular weight is 222 g/mol. The Morgan fingerprint density at radius 1 is 1.19 bits per heavy atom. The molecule has 0 aliphatic rings. The SMILES string of the molecule is COCCNCCN(C)c1ccc(C)cc1. The molecular weight excluding hydrogens is 200 g/mol. The quantitative estimate of drug-likeness (QED) is 0.710. The number of hydrogen-bond acceptors (Lipinski definition) is 3. The summed E-state index contributed by atoms with van der Waals surface area (Å²) in [5.74, 6) is 0. The van der Waals surface area contributed by atoms with Gasteiger partial charge in [0.15, 0.2) is 0 Å². The van der Waals surface area contributed by atoms with Crippen molar-refractivity contribution in [1.29, 1.82) is 0 Å². The number of anilines is 1. The Morgan fingerprint density at radius 2 is 1.88 bits per heavy atom. The molecule has 0 heterocycles. The molecule has 3 nitrogen and oxygen atoms in total. The molecule has 0 spiro atoms. The Balaban J connectivity index is 2.24. The maximum absolute atomic E-state index is 4.97. The highest BCUT2D eigenvalue weighted by Crippen LogP contribution is 2.12. The highest BCUT2D eigenvalue weighted by Gasteiger charge is 1.99. The van der Waals surface area contributed by atoms with Crippen molar-refractivity contribution in [1.82, 2.24) is 5.32 Å². The van der Waals surface area contributed by atoms with E-state index in [1.807, 2.05) is 0 Å². The van der Waals surface area contributed by atoms with Crippen LogP contribution in [-0.2, 0) is 4.74 Å². The van der Waals surface area contributed by atoms with Gasteiger partial charge >= 0.3 is 0 Å². The lowest BCUT2D eigenvalue weighted by Crippen LogP contribution is -2.30. The van der Waals surface area contributed by atoms with Gasteiger partial charge in [0.25, 0.3) is 0 Å². The second-order valence-electron chi connectivity index (χ2n) is 4.00. The molecule has 90 valence electrons. The number of hydrogen-bond donors (Lipinski definition) is 1. The number of aryl methyl sites for hydroxylation is 1. The van der Waals surface area contributed by atoms with E-state index in [9.17, 15) is 0 Å². The van der Waals surface area contributed by atoms with Crippen LogP contribution in [0.25, 0.3) is 0 Å². The molecular formula is C13H22N2O. The van der Waals surface area contributed by atoms with E-state index in [1.165, 1.54) is 11.3 Å². The van der Waals surface area contributed by atoms with E-state index in [1.54, 1.807) is 7.11 Å². The molecule has 3 heteroatoms. The lowest BCUT2D eigenvalue weighted by atomic mass is 10.2. The standard InChI is InChI=1S/C13H22N2O/c1-12-4-6-13(7-5-12)15(2)10-8-14-9-11-16-3/h4-7,14H,8-11H2,1-3H3. The average Bonchev–Trinajstić information content (AvgIpc) is 2.29. The first-order chi connectivity index (χ1) is 7.74. The van der Waals surface area contributed by atoms with E-state index < -0.39 is 0 Å². The molecule has 0 atom stereocenters. The van der Waals surface area contributed by atoms with Crippen LogP contribution in [-0.4, -0.2) is 40.4 Å². The molecule has 1 aromatic rings. The second kappa shape index (κ2) is 7.25. The maximum atomic E-state index is 4.97. The zero-order chi connectivity index (χ0) is 11.8. The summed E-state index contributed by atoms with van der Waals surface area (Å²) >= 11 is 0. The second-order valence-corrected chi connectivity index (χ2v) is 4.00. The van der Waals surface area contributed by atoms with E-state index >= 15 is 0 Å². The molecule has 0 amide bonds.